The summed E-state index contributed by atoms with van der Waals surface area (Å²) in [5, 5.41) is 3.12. The molecule has 1 saturated heterocycles. The molecule has 1 aliphatic heterocycles. The number of rotatable bonds is 8. The molecule has 0 bridgehead atoms. The number of likely N-dealkylation sites (tertiary alicyclic amines) is 1. The van der Waals surface area contributed by atoms with E-state index in [1.807, 2.05) is 32.0 Å². The highest BCUT2D eigenvalue weighted by molar-refractivity contribution is 5.84. The number of hydrogen-bond donors (Lipinski definition) is 1. The molecule has 2 atom stereocenters. The number of nitrogens with one attached hydrogen (secondary N) is 1. The molecule has 1 aliphatic rings. The molecular formula is C25H30F2N4O2. The Bertz CT molecular complexity index is 1120. The first-order valence-corrected chi connectivity index (χ1v) is 11.4. The Morgan fingerprint density at radius 2 is 1.88 bits per heavy atom. The van der Waals surface area contributed by atoms with E-state index in [2.05, 4.69) is 21.3 Å². The molecule has 2 aromatic carbocycles. The van der Waals surface area contributed by atoms with Crippen molar-refractivity contribution in [3.63, 3.8) is 0 Å². The molecule has 1 amide bonds. The zero-order valence-electron chi connectivity index (χ0n) is 19.2. The first kappa shape index (κ1) is 23.2. The quantitative estimate of drug-likeness (QED) is 0.543. The molecule has 8 heteroatoms. The van der Waals surface area contributed by atoms with E-state index in [9.17, 15) is 13.6 Å². The number of carbonyl (C=O) groups is 1. The number of amides is 1. The van der Waals surface area contributed by atoms with Gasteiger partial charge in [0.15, 0.2) is 11.6 Å². The number of nitrogens with zero attached hydrogens (tertiary/aromatic N) is 3. The van der Waals surface area contributed by atoms with Crippen molar-refractivity contribution >= 4 is 16.9 Å². The molecule has 6 nitrogen and oxygen atoms in total. The van der Waals surface area contributed by atoms with E-state index < -0.39 is 17.7 Å². The number of ether oxygens (including phenoxy) is 1. The minimum absolute atomic E-state index is 0.0189. The number of carbonyl (C=O) groups excluding carboxylic acids is 1. The molecule has 0 spiro atoms. The number of benzene rings is 2. The standard InChI is InChI=1S/C25H30F2N4O2/c1-16(2)24(31-15-29-21-12-19(26)20(27)13-22(21)31)25(32)28-14-23(30-9-4-5-10-30)17-7-6-8-18(11-17)33-3/h6-8,11-13,15-16,23-24H,4-5,9-10,14H2,1-3H3,(H,28,32). The topological polar surface area (TPSA) is 59.4 Å². The van der Waals surface area contributed by atoms with Crippen LogP contribution in [0.3, 0.4) is 0 Å². The molecule has 176 valence electrons. The molecule has 2 heterocycles. The van der Waals surface area contributed by atoms with Gasteiger partial charge in [0.2, 0.25) is 5.91 Å². The van der Waals surface area contributed by atoms with Gasteiger partial charge in [0.05, 0.1) is 30.5 Å². The van der Waals surface area contributed by atoms with Crippen LogP contribution in [-0.2, 0) is 4.79 Å². The fourth-order valence-electron chi connectivity index (χ4n) is 4.66. The summed E-state index contributed by atoms with van der Waals surface area (Å²) in [5.41, 5.74) is 1.80. The summed E-state index contributed by atoms with van der Waals surface area (Å²) in [7, 11) is 1.64. The van der Waals surface area contributed by atoms with Crippen LogP contribution in [0.1, 0.15) is 44.3 Å². The highest BCUT2D eigenvalue weighted by atomic mass is 19.2. The molecule has 1 N–H and O–H groups in total. The monoisotopic (exact) mass is 456 g/mol. The first-order chi connectivity index (χ1) is 15.9. The largest absolute Gasteiger partial charge is 0.497 e. The van der Waals surface area contributed by atoms with Crippen molar-refractivity contribution in [2.75, 3.05) is 26.7 Å². The zero-order chi connectivity index (χ0) is 23.5. The van der Waals surface area contributed by atoms with E-state index in [1.54, 1.807) is 11.7 Å². The Kier molecular flexibility index (Phi) is 6.93. The molecule has 33 heavy (non-hydrogen) atoms. The van der Waals surface area contributed by atoms with E-state index in [0.717, 1.165) is 49.4 Å². The van der Waals surface area contributed by atoms with Gasteiger partial charge in [-0.25, -0.2) is 13.8 Å². The van der Waals surface area contributed by atoms with E-state index in [1.165, 1.54) is 6.33 Å². The van der Waals surface area contributed by atoms with E-state index in [4.69, 9.17) is 4.74 Å². The number of hydrogen-bond acceptors (Lipinski definition) is 4. The summed E-state index contributed by atoms with van der Waals surface area (Å²) in [6.45, 7) is 6.24. The zero-order valence-corrected chi connectivity index (χ0v) is 19.2. The Morgan fingerprint density at radius 1 is 1.15 bits per heavy atom. The van der Waals surface area contributed by atoms with Gasteiger partial charge >= 0.3 is 0 Å². The van der Waals surface area contributed by atoms with Crippen LogP contribution in [0.5, 0.6) is 5.75 Å². The lowest BCUT2D eigenvalue weighted by Crippen LogP contribution is -2.41. The van der Waals surface area contributed by atoms with Gasteiger partial charge < -0.3 is 14.6 Å². The summed E-state index contributed by atoms with van der Waals surface area (Å²) in [6, 6.07) is 9.50. The second-order valence-corrected chi connectivity index (χ2v) is 8.88. The van der Waals surface area contributed by atoms with Gasteiger partial charge in [0.1, 0.15) is 11.8 Å². The van der Waals surface area contributed by atoms with Crippen LogP contribution in [0, 0.1) is 17.6 Å². The summed E-state index contributed by atoms with van der Waals surface area (Å²) >= 11 is 0. The number of aromatic nitrogens is 2. The summed E-state index contributed by atoms with van der Waals surface area (Å²) < 4.78 is 34.6. The highest BCUT2D eigenvalue weighted by Gasteiger charge is 2.29. The van der Waals surface area contributed by atoms with Crippen molar-refractivity contribution in [1.82, 2.24) is 19.8 Å². The molecule has 1 fully saturated rings. The third kappa shape index (κ3) is 4.85. The van der Waals surface area contributed by atoms with Crippen molar-refractivity contribution in [3.8, 4) is 5.75 Å². The van der Waals surface area contributed by atoms with Crippen LogP contribution >= 0.6 is 0 Å². The van der Waals surface area contributed by atoms with Gasteiger partial charge in [0, 0.05) is 18.7 Å². The first-order valence-electron chi connectivity index (χ1n) is 11.4. The van der Waals surface area contributed by atoms with Crippen LogP contribution in [0.15, 0.2) is 42.7 Å². The highest BCUT2D eigenvalue weighted by Crippen LogP contribution is 2.29. The minimum atomic E-state index is -0.959. The van der Waals surface area contributed by atoms with E-state index >= 15 is 0 Å². The predicted molar refractivity (Wildman–Crippen MR) is 123 cm³/mol. The van der Waals surface area contributed by atoms with Crippen LogP contribution in [0.25, 0.3) is 11.0 Å². The fourth-order valence-corrected chi connectivity index (χ4v) is 4.66. The maximum Gasteiger partial charge on any atom is 0.243 e. The Labute approximate surface area is 192 Å². The third-order valence-corrected chi connectivity index (χ3v) is 6.35. The third-order valence-electron chi connectivity index (χ3n) is 6.35. The van der Waals surface area contributed by atoms with Gasteiger partial charge in [-0.2, -0.15) is 0 Å². The lowest BCUT2D eigenvalue weighted by atomic mass is 10.0. The molecule has 4 rings (SSSR count). The molecule has 3 aromatic rings. The number of imidazole rings is 1. The maximum absolute atomic E-state index is 13.9. The minimum Gasteiger partial charge on any atom is -0.497 e. The van der Waals surface area contributed by atoms with Crippen molar-refractivity contribution in [1.29, 1.82) is 0 Å². The maximum atomic E-state index is 13.9. The van der Waals surface area contributed by atoms with E-state index in [0.29, 0.717) is 17.6 Å². The average molecular weight is 457 g/mol. The van der Waals surface area contributed by atoms with Crippen molar-refractivity contribution in [3.05, 3.63) is 59.9 Å². The van der Waals surface area contributed by atoms with Gasteiger partial charge in [-0.15, -0.1) is 0 Å². The smallest absolute Gasteiger partial charge is 0.243 e. The molecule has 0 saturated carbocycles. The Hall–Kier alpha value is -3.00. The fraction of sp³-hybridized carbons (Fsp3) is 0.440. The van der Waals surface area contributed by atoms with Gasteiger partial charge in [0.25, 0.3) is 0 Å². The van der Waals surface area contributed by atoms with Crippen LogP contribution in [0.4, 0.5) is 8.78 Å². The second kappa shape index (κ2) is 9.87. The van der Waals surface area contributed by atoms with E-state index in [-0.39, 0.29) is 17.9 Å². The Balaban J connectivity index is 1.58. The molecule has 1 aromatic heterocycles. The SMILES string of the molecule is COc1cccc(C(CNC(=O)C(C(C)C)n2cnc3cc(F)c(F)cc32)N2CCCC2)c1. The number of methoxy groups -OCH3 is 1. The number of fused-ring (bicyclic) bond motifs is 1. The predicted octanol–water partition coefficient (Wildman–Crippen LogP) is 4.47. The average Bonchev–Trinajstić information content (AvgIpc) is 3.46. The molecule has 2 unspecified atom stereocenters. The molecule has 0 aliphatic carbocycles. The summed E-state index contributed by atoms with van der Waals surface area (Å²) in [4.78, 5) is 19.9. The van der Waals surface area contributed by atoms with Crippen molar-refractivity contribution < 1.29 is 18.3 Å². The summed E-state index contributed by atoms with van der Waals surface area (Å²) in [5.74, 6) is -1.40. The lowest BCUT2D eigenvalue weighted by molar-refractivity contribution is -0.125. The second-order valence-electron chi connectivity index (χ2n) is 8.88. The van der Waals surface area contributed by atoms with Gasteiger partial charge in [-0.1, -0.05) is 26.0 Å². The molecular weight excluding hydrogens is 426 g/mol. The normalized spacial score (nSPS) is 16.3. The van der Waals surface area contributed by atoms with Crippen molar-refractivity contribution in [2.45, 2.75) is 38.8 Å². The van der Waals surface area contributed by atoms with Gasteiger partial charge in [-0.3, -0.25) is 9.69 Å². The Morgan fingerprint density at radius 3 is 2.58 bits per heavy atom. The van der Waals surface area contributed by atoms with Gasteiger partial charge in [-0.05, 0) is 49.5 Å². The van der Waals surface area contributed by atoms with Crippen LogP contribution < -0.4 is 10.1 Å². The van der Waals surface area contributed by atoms with Crippen molar-refractivity contribution in [2.24, 2.45) is 5.92 Å². The van der Waals surface area contributed by atoms with Crippen LogP contribution in [-0.4, -0.2) is 47.1 Å². The number of halogens is 2. The summed E-state index contributed by atoms with van der Waals surface area (Å²) in [6.07, 6.45) is 3.74. The lowest BCUT2D eigenvalue weighted by Gasteiger charge is -2.30. The van der Waals surface area contributed by atoms with Crippen LogP contribution in [0.2, 0.25) is 0 Å². The molecule has 0 radical (unpaired) electrons.